The average molecular weight is 292 g/mol. The monoisotopic (exact) mass is 291 g/mol. The van der Waals surface area contributed by atoms with E-state index < -0.39 is 0 Å². The van der Waals surface area contributed by atoms with Gasteiger partial charge in [0, 0.05) is 23.0 Å². The Kier molecular flexibility index (Phi) is 4.03. The lowest BCUT2D eigenvalue weighted by Crippen LogP contribution is -2.17. The Labute approximate surface area is 123 Å². The lowest BCUT2D eigenvalue weighted by molar-refractivity contribution is 0.491. The van der Waals surface area contributed by atoms with Crippen molar-refractivity contribution in [3.63, 3.8) is 0 Å². The molecule has 5 heteroatoms. The lowest BCUT2D eigenvalue weighted by atomic mass is 10.1. The topological polar surface area (TPSA) is 51.0 Å². The summed E-state index contributed by atoms with van der Waals surface area (Å²) >= 11 is 6.05. The molecule has 1 saturated carbocycles. The zero-order valence-corrected chi connectivity index (χ0v) is 12.3. The third kappa shape index (κ3) is 3.58. The SMILES string of the molecule is Cc1cc(Cl)cc(-c2nnc(CCCNC3CC3)o2)c1. The van der Waals surface area contributed by atoms with Gasteiger partial charge in [0.15, 0.2) is 0 Å². The molecule has 20 heavy (non-hydrogen) atoms. The highest BCUT2D eigenvalue weighted by atomic mass is 35.5. The number of hydrogen-bond donors (Lipinski definition) is 1. The fourth-order valence-electron chi connectivity index (χ4n) is 2.16. The van der Waals surface area contributed by atoms with Crippen LogP contribution in [0.5, 0.6) is 0 Å². The maximum atomic E-state index is 6.05. The average Bonchev–Trinajstić information content (AvgIpc) is 3.10. The van der Waals surface area contributed by atoms with Crippen LogP contribution in [0, 0.1) is 6.92 Å². The van der Waals surface area contributed by atoms with E-state index in [0.717, 1.165) is 36.6 Å². The molecule has 106 valence electrons. The van der Waals surface area contributed by atoms with Crippen LogP contribution >= 0.6 is 11.6 Å². The van der Waals surface area contributed by atoms with Crippen LogP contribution in [0.25, 0.3) is 11.5 Å². The minimum Gasteiger partial charge on any atom is -0.421 e. The standard InChI is InChI=1S/C15H18ClN3O/c1-10-7-11(9-12(16)8-10)15-19-18-14(20-15)3-2-6-17-13-4-5-13/h7-9,13,17H,2-6H2,1H3. The minimum absolute atomic E-state index is 0.542. The van der Waals surface area contributed by atoms with E-state index in [-0.39, 0.29) is 0 Å². The summed E-state index contributed by atoms with van der Waals surface area (Å²) in [7, 11) is 0. The lowest BCUT2D eigenvalue weighted by Gasteiger charge is -2.00. The smallest absolute Gasteiger partial charge is 0.247 e. The van der Waals surface area contributed by atoms with Gasteiger partial charge in [-0.25, -0.2) is 0 Å². The molecule has 1 heterocycles. The summed E-state index contributed by atoms with van der Waals surface area (Å²) in [5.41, 5.74) is 1.96. The highest BCUT2D eigenvalue weighted by Crippen LogP contribution is 2.24. The molecule has 2 aromatic rings. The fraction of sp³-hybridized carbons (Fsp3) is 0.467. The molecule has 1 fully saturated rings. The molecule has 0 aliphatic heterocycles. The van der Waals surface area contributed by atoms with Crippen molar-refractivity contribution < 1.29 is 4.42 Å². The Morgan fingerprint density at radius 2 is 2.15 bits per heavy atom. The Balaban J connectivity index is 1.60. The molecular formula is C15H18ClN3O. The van der Waals surface area contributed by atoms with Gasteiger partial charge in [-0.05, 0) is 56.5 Å². The maximum Gasteiger partial charge on any atom is 0.247 e. The van der Waals surface area contributed by atoms with Crippen molar-refractivity contribution in [2.45, 2.75) is 38.6 Å². The molecule has 3 rings (SSSR count). The summed E-state index contributed by atoms with van der Waals surface area (Å²) in [6, 6.07) is 6.51. The number of hydrogen-bond acceptors (Lipinski definition) is 4. The number of benzene rings is 1. The Morgan fingerprint density at radius 3 is 2.90 bits per heavy atom. The van der Waals surface area contributed by atoms with Crippen molar-refractivity contribution >= 4 is 11.6 Å². The Bertz CT molecular complexity index is 572. The molecule has 0 bridgehead atoms. The van der Waals surface area contributed by atoms with E-state index in [4.69, 9.17) is 16.0 Å². The Morgan fingerprint density at radius 1 is 1.30 bits per heavy atom. The minimum atomic E-state index is 0.542. The van der Waals surface area contributed by atoms with Gasteiger partial charge in [0.25, 0.3) is 0 Å². The van der Waals surface area contributed by atoms with Crippen LogP contribution in [0.3, 0.4) is 0 Å². The van der Waals surface area contributed by atoms with Crippen LogP contribution in [-0.4, -0.2) is 22.8 Å². The summed E-state index contributed by atoms with van der Waals surface area (Å²) in [6.07, 6.45) is 4.47. The van der Waals surface area contributed by atoms with E-state index in [0.29, 0.717) is 16.8 Å². The number of aromatic nitrogens is 2. The highest BCUT2D eigenvalue weighted by molar-refractivity contribution is 6.30. The van der Waals surface area contributed by atoms with E-state index in [2.05, 4.69) is 15.5 Å². The van der Waals surface area contributed by atoms with Gasteiger partial charge in [-0.2, -0.15) is 0 Å². The predicted octanol–water partition coefficient (Wildman–Crippen LogP) is 3.38. The first-order valence-electron chi connectivity index (χ1n) is 7.04. The fourth-order valence-corrected chi connectivity index (χ4v) is 2.45. The van der Waals surface area contributed by atoms with Crippen molar-refractivity contribution in [2.24, 2.45) is 0 Å². The molecule has 0 saturated heterocycles. The number of nitrogens with one attached hydrogen (secondary N) is 1. The molecule has 4 nitrogen and oxygen atoms in total. The van der Waals surface area contributed by atoms with Gasteiger partial charge in [-0.15, -0.1) is 10.2 Å². The second kappa shape index (κ2) is 5.94. The zero-order chi connectivity index (χ0) is 13.9. The zero-order valence-electron chi connectivity index (χ0n) is 11.5. The number of halogens is 1. The van der Waals surface area contributed by atoms with Crippen molar-refractivity contribution in [3.8, 4) is 11.5 Å². The van der Waals surface area contributed by atoms with Gasteiger partial charge in [-0.3, -0.25) is 0 Å². The van der Waals surface area contributed by atoms with Gasteiger partial charge >= 0.3 is 0 Å². The van der Waals surface area contributed by atoms with E-state index in [1.165, 1.54) is 12.8 Å². The number of nitrogens with zero attached hydrogens (tertiary/aromatic N) is 2. The summed E-state index contributed by atoms with van der Waals surface area (Å²) in [6.45, 7) is 3.01. The molecule has 1 aromatic heterocycles. The summed E-state index contributed by atoms with van der Waals surface area (Å²) in [5, 5.41) is 12.4. The van der Waals surface area contributed by atoms with Crippen LogP contribution in [-0.2, 0) is 6.42 Å². The summed E-state index contributed by atoms with van der Waals surface area (Å²) in [4.78, 5) is 0. The van der Waals surface area contributed by atoms with E-state index in [9.17, 15) is 0 Å². The maximum absolute atomic E-state index is 6.05. The molecule has 0 radical (unpaired) electrons. The molecule has 1 N–H and O–H groups in total. The molecule has 0 spiro atoms. The van der Waals surface area contributed by atoms with Gasteiger partial charge in [0.1, 0.15) is 0 Å². The second-order valence-corrected chi connectivity index (χ2v) is 5.79. The molecule has 0 unspecified atom stereocenters. The van der Waals surface area contributed by atoms with Gasteiger partial charge in [0.05, 0.1) is 0 Å². The quantitative estimate of drug-likeness (QED) is 0.829. The molecule has 0 atom stereocenters. The van der Waals surface area contributed by atoms with Gasteiger partial charge in [0.2, 0.25) is 11.8 Å². The number of rotatable bonds is 6. The van der Waals surface area contributed by atoms with Crippen LogP contribution < -0.4 is 5.32 Å². The molecule has 1 aliphatic carbocycles. The largest absolute Gasteiger partial charge is 0.421 e. The summed E-state index contributed by atoms with van der Waals surface area (Å²) in [5.74, 6) is 1.23. The van der Waals surface area contributed by atoms with E-state index in [1.54, 1.807) is 0 Å². The third-order valence-electron chi connectivity index (χ3n) is 3.33. The first-order chi connectivity index (χ1) is 9.70. The van der Waals surface area contributed by atoms with Crippen molar-refractivity contribution in [1.29, 1.82) is 0 Å². The van der Waals surface area contributed by atoms with Crippen LogP contribution in [0.2, 0.25) is 5.02 Å². The van der Waals surface area contributed by atoms with Crippen molar-refractivity contribution in [1.82, 2.24) is 15.5 Å². The van der Waals surface area contributed by atoms with Crippen LogP contribution in [0.1, 0.15) is 30.7 Å². The van der Waals surface area contributed by atoms with Crippen molar-refractivity contribution in [3.05, 3.63) is 34.7 Å². The van der Waals surface area contributed by atoms with Crippen molar-refractivity contribution in [2.75, 3.05) is 6.54 Å². The van der Waals surface area contributed by atoms with E-state index >= 15 is 0 Å². The normalized spacial score (nSPS) is 14.7. The van der Waals surface area contributed by atoms with Gasteiger partial charge < -0.3 is 9.73 Å². The first-order valence-corrected chi connectivity index (χ1v) is 7.42. The van der Waals surface area contributed by atoms with E-state index in [1.807, 2.05) is 25.1 Å². The van der Waals surface area contributed by atoms with Crippen LogP contribution in [0.4, 0.5) is 0 Å². The predicted molar refractivity (Wildman–Crippen MR) is 78.8 cm³/mol. The first kappa shape index (κ1) is 13.6. The highest BCUT2D eigenvalue weighted by Gasteiger charge is 2.19. The van der Waals surface area contributed by atoms with Crippen LogP contribution in [0.15, 0.2) is 22.6 Å². The molecule has 1 aliphatic rings. The van der Waals surface area contributed by atoms with Gasteiger partial charge in [-0.1, -0.05) is 11.6 Å². The number of aryl methyl sites for hydroxylation is 2. The summed E-state index contributed by atoms with van der Waals surface area (Å²) < 4.78 is 5.69. The third-order valence-corrected chi connectivity index (χ3v) is 3.55. The second-order valence-electron chi connectivity index (χ2n) is 5.35. The molecule has 1 aromatic carbocycles. The molecule has 0 amide bonds. The Hall–Kier alpha value is -1.39. The molecular weight excluding hydrogens is 274 g/mol.